The molecule has 5 rings (SSSR count). The quantitative estimate of drug-likeness (QED) is 0.395. The van der Waals surface area contributed by atoms with Crippen molar-refractivity contribution in [1.29, 1.82) is 0 Å². The van der Waals surface area contributed by atoms with Crippen LogP contribution in [-0.2, 0) is 19.9 Å². The smallest absolute Gasteiger partial charge is 0.271 e. The lowest BCUT2D eigenvalue weighted by molar-refractivity contribution is -0.384. The van der Waals surface area contributed by atoms with Gasteiger partial charge in [-0.3, -0.25) is 29.8 Å². The third-order valence-corrected chi connectivity index (χ3v) is 7.54. The SMILES string of the molecule is CSCC[C@@H]1N[C@]2(C(=O)Nc3ccccc32)[C@@H]2C(=O)N(c3cc([N+](=O)[O-])ccc3C)C(=O)[C@@H]12. The third-order valence-electron chi connectivity index (χ3n) is 6.90. The number of non-ortho nitro benzene ring substituents is 1. The standard InChI is InChI=1S/C23H22N4O5S/c1-12-7-8-13(27(31)32)11-17(12)26-20(28)18-16(9-10-33-2)25-23(19(18)21(26)29)14-5-3-4-6-15(14)24-22(23)30/h3-8,11,16,18-19,25H,9-10H2,1-2H3,(H,24,30)/t16-,18-,19-,23-/m0/s1. The second-order valence-corrected chi connectivity index (χ2v) is 9.57. The van der Waals surface area contributed by atoms with Crippen molar-refractivity contribution in [3.05, 3.63) is 63.7 Å². The molecule has 2 aromatic rings. The van der Waals surface area contributed by atoms with Gasteiger partial charge < -0.3 is 5.32 Å². The van der Waals surface area contributed by atoms with Crippen LogP contribution >= 0.6 is 11.8 Å². The second kappa shape index (κ2) is 7.67. The van der Waals surface area contributed by atoms with Crippen molar-refractivity contribution < 1.29 is 19.3 Å². The molecule has 3 aliphatic heterocycles. The summed E-state index contributed by atoms with van der Waals surface area (Å²) in [4.78, 5) is 52.8. The lowest BCUT2D eigenvalue weighted by atomic mass is 9.76. The molecule has 33 heavy (non-hydrogen) atoms. The van der Waals surface area contributed by atoms with Gasteiger partial charge >= 0.3 is 0 Å². The molecule has 2 N–H and O–H groups in total. The number of carbonyl (C=O) groups excluding carboxylic acids is 3. The van der Waals surface area contributed by atoms with E-state index < -0.39 is 34.1 Å². The van der Waals surface area contributed by atoms with Gasteiger partial charge in [0.25, 0.3) is 5.69 Å². The number of nitrogens with zero attached hydrogens (tertiary/aromatic N) is 2. The maximum absolute atomic E-state index is 13.9. The Labute approximate surface area is 194 Å². The van der Waals surface area contributed by atoms with E-state index in [0.29, 0.717) is 23.2 Å². The topological polar surface area (TPSA) is 122 Å². The maximum Gasteiger partial charge on any atom is 0.271 e. The number of carbonyl (C=O) groups is 3. The van der Waals surface area contributed by atoms with E-state index in [2.05, 4.69) is 10.6 Å². The van der Waals surface area contributed by atoms with E-state index in [1.165, 1.54) is 18.2 Å². The van der Waals surface area contributed by atoms with E-state index in [0.717, 1.165) is 10.7 Å². The molecule has 2 fully saturated rings. The minimum absolute atomic E-state index is 0.194. The zero-order chi connectivity index (χ0) is 23.5. The molecule has 4 atom stereocenters. The number of rotatable bonds is 5. The average molecular weight is 467 g/mol. The molecule has 0 unspecified atom stereocenters. The first-order chi connectivity index (χ1) is 15.8. The molecule has 1 spiro atoms. The predicted octanol–water partition coefficient (Wildman–Crippen LogP) is 2.58. The summed E-state index contributed by atoms with van der Waals surface area (Å²) in [6, 6.07) is 10.9. The first-order valence-corrected chi connectivity index (χ1v) is 12.0. The van der Waals surface area contributed by atoms with Gasteiger partial charge in [-0.15, -0.1) is 0 Å². The van der Waals surface area contributed by atoms with Crippen LogP contribution in [0.2, 0.25) is 0 Å². The first kappa shape index (κ1) is 21.6. The number of imide groups is 1. The van der Waals surface area contributed by atoms with Crippen molar-refractivity contribution in [1.82, 2.24) is 5.32 Å². The Bertz CT molecular complexity index is 1220. The predicted molar refractivity (Wildman–Crippen MR) is 124 cm³/mol. The molecular formula is C23H22N4O5S. The molecule has 0 aromatic heterocycles. The molecule has 170 valence electrons. The Morgan fingerprint density at radius 3 is 2.64 bits per heavy atom. The van der Waals surface area contributed by atoms with Gasteiger partial charge in [0.1, 0.15) is 5.54 Å². The number of fused-ring (bicyclic) bond motifs is 4. The molecule has 0 saturated carbocycles. The zero-order valence-corrected chi connectivity index (χ0v) is 18.8. The molecule has 3 aliphatic rings. The molecule has 9 nitrogen and oxygen atoms in total. The Balaban J connectivity index is 1.66. The fourth-order valence-electron chi connectivity index (χ4n) is 5.44. The van der Waals surface area contributed by atoms with Gasteiger partial charge in [0.05, 0.1) is 22.4 Å². The number of nitrogens with one attached hydrogen (secondary N) is 2. The highest BCUT2D eigenvalue weighted by atomic mass is 32.2. The molecular weight excluding hydrogens is 444 g/mol. The van der Waals surface area contributed by atoms with E-state index in [-0.39, 0.29) is 23.3 Å². The van der Waals surface area contributed by atoms with Gasteiger partial charge in [-0.25, -0.2) is 4.90 Å². The van der Waals surface area contributed by atoms with Crippen LogP contribution in [0, 0.1) is 28.9 Å². The van der Waals surface area contributed by atoms with Gasteiger partial charge in [0, 0.05) is 29.4 Å². The fourth-order valence-corrected chi connectivity index (χ4v) is 5.93. The maximum atomic E-state index is 13.9. The molecule has 0 bridgehead atoms. The van der Waals surface area contributed by atoms with Crippen molar-refractivity contribution in [2.75, 3.05) is 22.2 Å². The van der Waals surface area contributed by atoms with E-state index in [9.17, 15) is 24.5 Å². The van der Waals surface area contributed by atoms with Crippen molar-refractivity contribution in [3.63, 3.8) is 0 Å². The summed E-state index contributed by atoms with van der Waals surface area (Å²) in [5.74, 6) is -2.25. The Kier molecular flexibility index (Phi) is 5.02. The number of hydrogen-bond acceptors (Lipinski definition) is 7. The normalized spacial score (nSPS) is 27.8. The van der Waals surface area contributed by atoms with Crippen LogP contribution in [0.25, 0.3) is 0 Å². The summed E-state index contributed by atoms with van der Waals surface area (Å²) in [5, 5.41) is 17.6. The minimum atomic E-state index is -1.36. The van der Waals surface area contributed by atoms with Crippen LogP contribution in [-0.4, -0.2) is 40.7 Å². The molecule has 10 heteroatoms. The van der Waals surface area contributed by atoms with Crippen LogP contribution in [0.15, 0.2) is 42.5 Å². The van der Waals surface area contributed by atoms with Gasteiger partial charge in [-0.2, -0.15) is 11.8 Å². The summed E-state index contributed by atoms with van der Waals surface area (Å²) >= 11 is 1.62. The summed E-state index contributed by atoms with van der Waals surface area (Å²) in [6.07, 6.45) is 2.56. The van der Waals surface area contributed by atoms with Crippen molar-refractivity contribution in [2.24, 2.45) is 11.8 Å². The summed E-state index contributed by atoms with van der Waals surface area (Å²) < 4.78 is 0. The number of benzene rings is 2. The number of anilines is 2. The van der Waals surface area contributed by atoms with Gasteiger partial charge in [-0.1, -0.05) is 24.3 Å². The van der Waals surface area contributed by atoms with Crippen LogP contribution in [0.5, 0.6) is 0 Å². The molecule has 0 aliphatic carbocycles. The van der Waals surface area contributed by atoms with E-state index in [4.69, 9.17) is 0 Å². The minimum Gasteiger partial charge on any atom is -0.324 e. The van der Waals surface area contributed by atoms with Crippen molar-refractivity contribution in [3.8, 4) is 0 Å². The molecule has 3 heterocycles. The molecule has 2 aromatic carbocycles. The largest absolute Gasteiger partial charge is 0.324 e. The fraction of sp³-hybridized carbons (Fsp3) is 0.348. The highest BCUT2D eigenvalue weighted by Gasteiger charge is 2.70. The van der Waals surface area contributed by atoms with Gasteiger partial charge in [0.15, 0.2) is 0 Å². The van der Waals surface area contributed by atoms with Crippen molar-refractivity contribution >= 4 is 46.5 Å². The summed E-state index contributed by atoms with van der Waals surface area (Å²) in [5.41, 5.74) is 0.463. The number of aryl methyl sites for hydroxylation is 1. The zero-order valence-electron chi connectivity index (χ0n) is 18.0. The number of nitro groups is 1. The van der Waals surface area contributed by atoms with E-state index in [1.807, 2.05) is 6.26 Å². The Morgan fingerprint density at radius 1 is 1.15 bits per heavy atom. The second-order valence-electron chi connectivity index (χ2n) is 8.58. The third kappa shape index (κ3) is 2.94. The van der Waals surface area contributed by atoms with Crippen LogP contribution in [0.3, 0.4) is 0 Å². The molecule has 0 radical (unpaired) electrons. The highest BCUT2D eigenvalue weighted by Crippen LogP contribution is 2.54. The Morgan fingerprint density at radius 2 is 1.91 bits per heavy atom. The lowest BCUT2D eigenvalue weighted by Gasteiger charge is -2.29. The molecule has 3 amide bonds. The average Bonchev–Trinajstić information content (AvgIpc) is 3.37. The summed E-state index contributed by atoms with van der Waals surface area (Å²) in [7, 11) is 0. The number of hydrogen-bond donors (Lipinski definition) is 2. The lowest BCUT2D eigenvalue weighted by Crippen LogP contribution is -2.53. The van der Waals surface area contributed by atoms with Crippen LogP contribution in [0.4, 0.5) is 17.1 Å². The van der Waals surface area contributed by atoms with Crippen LogP contribution in [0.1, 0.15) is 17.5 Å². The van der Waals surface area contributed by atoms with E-state index >= 15 is 0 Å². The number of para-hydroxylation sites is 1. The number of nitro benzene ring substituents is 1. The summed E-state index contributed by atoms with van der Waals surface area (Å²) in [6.45, 7) is 1.70. The highest BCUT2D eigenvalue weighted by molar-refractivity contribution is 7.98. The number of amides is 3. The van der Waals surface area contributed by atoms with Gasteiger partial charge in [-0.05, 0) is 37.0 Å². The van der Waals surface area contributed by atoms with E-state index in [1.54, 1.807) is 43.0 Å². The Hall–Kier alpha value is -3.24. The number of thioether (sulfide) groups is 1. The first-order valence-electron chi connectivity index (χ1n) is 10.6. The molecule has 2 saturated heterocycles. The van der Waals surface area contributed by atoms with Crippen molar-refractivity contribution in [2.45, 2.75) is 24.9 Å². The monoisotopic (exact) mass is 466 g/mol. The van der Waals surface area contributed by atoms with Crippen LogP contribution < -0.4 is 15.5 Å². The van der Waals surface area contributed by atoms with Gasteiger partial charge in [0.2, 0.25) is 17.7 Å².